The summed E-state index contributed by atoms with van der Waals surface area (Å²) in [6, 6.07) is 19.7. The third-order valence-electron chi connectivity index (χ3n) is 2.98. The van der Waals surface area contributed by atoms with E-state index < -0.39 is 0 Å². The summed E-state index contributed by atoms with van der Waals surface area (Å²) in [5.74, 6) is -0.0260. The number of carbonyl (C=O) groups is 1. The van der Waals surface area contributed by atoms with Crippen molar-refractivity contribution in [2.75, 3.05) is 6.54 Å². The van der Waals surface area contributed by atoms with Gasteiger partial charge in [0.15, 0.2) is 0 Å². The van der Waals surface area contributed by atoms with Crippen LogP contribution in [0.2, 0.25) is 0 Å². The zero-order valence-electron chi connectivity index (χ0n) is 11.7. The van der Waals surface area contributed by atoms with Crippen LogP contribution < -0.4 is 5.32 Å². The van der Waals surface area contributed by atoms with Crippen molar-refractivity contribution in [3.05, 3.63) is 71.8 Å². The molecule has 0 aliphatic rings. The molecule has 2 nitrogen and oxygen atoms in total. The van der Waals surface area contributed by atoms with E-state index in [4.69, 9.17) is 0 Å². The van der Waals surface area contributed by atoms with Crippen LogP contribution in [0.1, 0.15) is 24.5 Å². The molecule has 0 fully saturated rings. The quantitative estimate of drug-likeness (QED) is 0.647. The Labute approximate surface area is 120 Å². The minimum atomic E-state index is -0.0260. The van der Waals surface area contributed by atoms with Crippen LogP contribution in [0, 0.1) is 0 Å². The van der Waals surface area contributed by atoms with Gasteiger partial charge in [0.2, 0.25) is 0 Å². The summed E-state index contributed by atoms with van der Waals surface area (Å²) in [7, 11) is 0. The standard InChI is InChI=1S/C18H19NO/c1-2-13-19-18(20)17(16-11-7-4-8-12-16)14-15-9-5-3-6-10-15/h3-12,14H,2,13H2,1H3,(H,19,20)/b17-14-. The summed E-state index contributed by atoms with van der Waals surface area (Å²) < 4.78 is 0. The molecule has 0 atom stereocenters. The molecule has 20 heavy (non-hydrogen) atoms. The maximum atomic E-state index is 12.3. The van der Waals surface area contributed by atoms with E-state index in [0.29, 0.717) is 12.1 Å². The first-order valence-corrected chi connectivity index (χ1v) is 6.91. The lowest BCUT2D eigenvalue weighted by Crippen LogP contribution is -2.24. The third kappa shape index (κ3) is 3.82. The second-order valence-electron chi connectivity index (χ2n) is 4.59. The van der Waals surface area contributed by atoms with Crippen LogP contribution in [0.4, 0.5) is 0 Å². The molecule has 2 heteroatoms. The number of amides is 1. The largest absolute Gasteiger partial charge is 0.352 e. The fourth-order valence-corrected chi connectivity index (χ4v) is 1.95. The van der Waals surface area contributed by atoms with Gasteiger partial charge in [0, 0.05) is 12.1 Å². The highest BCUT2D eigenvalue weighted by molar-refractivity contribution is 6.24. The Hall–Kier alpha value is -2.35. The molecule has 1 amide bonds. The van der Waals surface area contributed by atoms with Crippen molar-refractivity contribution in [1.29, 1.82) is 0 Å². The average Bonchev–Trinajstić information content (AvgIpc) is 2.52. The Morgan fingerprint density at radius 3 is 2.20 bits per heavy atom. The first kappa shape index (κ1) is 14.1. The normalized spacial score (nSPS) is 11.2. The minimum Gasteiger partial charge on any atom is -0.352 e. The average molecular weight is 265 g/mol. The van der Waals surface area contributed by atoms with Crippen LogP contribution in [0.5, 0.6) is 0 Å². The summed E-state index contributed by atoms with van der Waals surface area (Å²) in [5, 5.41) is 2.94. The van der Waals surface area contributed by atoms with Crippen LogP contribution in [-0.4, -0.2) is 12.5 Å². The first-order chi connectivity index (χ1) is 9.81. The van der Waals surface area contributed by atoms with E-state index in [-0.39, 0.29) is 5.91 Å². The predicted molar refractivity (Wildman–Crippen MR) is 84.1 cm³/mol. The van der Waals surface area contributed by atoms with Crippen molar-refractivity contribution in [2.24, 2.45) is 0 Å². The highest BCUT2D eigenvalue weighted by Gasteiger charge is 2.10. The zero-order chi connectivity index (χ0) is 14.2. The molecule has 2 aromatic carbocycles. The Balaban J connectivity index is 2.34. The van der Waals surface area contributed by atoms with Gasteiger partial charge in [-0.3, -0.25) is 4.79 Å². The van der Waals surface area contributed by atoms with E-state index >= 15 is 0 Å². The van der Waals surface area contributed by atoms with Crippen molar-refractivity contribution in [2.45, 2.75) is 13.3 Å². The molecule has 0 heterocycles. The molecule has 2 aromatic rings. The van der Waals surface area contributed by atoms with E-state index in [9.17, 15) is 4.79 Å². The number of hydrogen-bond acceptors (Lipinski definition) is 1. The highest BCUT2D eigenvalue weighted by atomic mass is 16.1. The molecular weight excluding hydrogens is 246 g/mol. The lowest BCUT2D eigenvalue weighted by molar-refractivity contribution is -0.115. The SMILES string of the molecule is CCCNC(=O)/C(=C\c1ccccc1)c1ccccc1. The van der Waals surface area contributed by atoms with E-state index in [1.165, 1.54) is 0 Å². The number of nitrogens with one attached hydrogen (secondary N) is 1. The van der Waals surface area contributed by atoms with Crippen LogP contribution in [0.25, 0.3) is 11.6 Å². The second-order valence-corrected chi connectivity index (χ2v) is 4.59. The van der Waals surface area contributed by atoms with Gasteiger partial charge in [-0.2, -0.15) is 0 Å². The number of benzene rings is 2. The number of carbonyl (C=O) groups excluding carboxylic acids is 1. The third-order valence-corrected chi connectivity index (χ3v) is 2.98. The van der Waals surface area contributed by atoms with Gasteiger partial charge in [-0.1, -0.05) is 67.6 Å². The fraction of sp³-hybridized carbons (Fsp3) is 0.167. The minimum absolute atomic E-state index is 0.0260. The molecule has 0 aliphatic carbocycles. The second kappa shape index (κ2) is 7.29. The molecule has 1 N–H and O–H groups in total. The molecule has 0 aliphatic heterocycles. The van der Waals surface area contributed by atoms with E-state index in [1.807, 2.05) is 73.7 Å². The van der Waals surface area contributed by atoms with Crippen LogP contribution in [-0.2, 0) is 4.79 Å². The van der Waals surface area contributed by atoms with E-state index in [0.717, 1.165) is 17.5 Å². The molecular formula is C18H19NO. The topological polar surface area (TPSA) is 29.1 Å². The Morgan fingerprint density at radius 2 is 1.60 bits per heavy atom. The van der Waals surface area contributed by atoms with Gasteiger partial charge in [-0.05, 0) is 23.6 Å². The number of rotatable bonds is 5. The van der Waals surface area contributed by atoms with Gasteiger partial charge in [0.25, 0.3) is 5.91 Å². The van der Waals surface area contributed by atoms with Gasteiger partial charge >= 0.3 is 0 Å². The molecule has 0 bridgehead atoms. The van der Waals surface area contributed by atoms with Gasteiger partial charge < -0.3 is 5.32 Å². The molecule has 0 spiro atoms. The predicted octanol–water partition coefficient (Wildman–Crippen LogP) is 3.75. The highest BCUT2D eigenvalue weighted by Crippen LogP contribution is 2.18. The maximum absolute atomic E-state index is 12.3. The summed E-state index contributed by atoms with van der Waals surface area (Å²) >= 11 is 0. The van der Waals surface area contributed by atoms with E-state index in [2.05, 4.69) is 5.32 Å². The number of hydrogen-bond donors (Lipinski definition) is 1. The van der Waals surface area contributed by atoms with Crippen molar-refractivity contribution in [3.8, 4) is 0 Å². The summed E-state index contributed by atoms with van der Waals surface area (Å²) in [6.45, 7) is 2.74. The van der Waals surface area contributed by atoms with Crippen molar-refractivity contribution >= 4 is 17.6 Å². The Bertz CT molecular complexity index is 573. The lowest BCUT2D eigenvalue weighted by atomic mass is 10.0. The van der Waals surface area contributed by atoms with Crippen molar-refractivity contribution in [3.63, 3.8) is 0 Å². The van der Waals surface area contributed by atoms with Gasteiger partial charge in [0.05, 0.1) is 0 Å². The van der Waals surface area contributed by atoms with Crippen LogP contribution >= 0.6 is 0 Å². The maximum Gasteiger partial charge on any atom is 0.251 e. The molecule has 0 aromatic heterocycles. The van der Waals surface area contributed by atoms with Crippen LogP contribution in [0.15, 0.2) is 60.7 Å². The fourth-order valence-electron chi connectivity index (χ4n) is 1.95. The zero-order valence-corrected chi connectivity index (χ0v) is 11.7. The Morgan fingerprint density at radius 1 is 1.00 bits per heavy atom. The smallest absolute Gasteiger partial charge is 0.251 e. The molecule has 2 rings (SSSR count). The van der Waals surface area contributed by atoms with Crippen LogP contribution in [0.3, 0.4) is 0 Å². The molecule has 0 saturated carbocycles. The molecule has 0 unspecified atom stereocenters. The Kier molecular flexibility index (Phi) is 5.13. The van der Waals surface area contributed by atoms with Gasteiger partial charge in [-0.15, -0.1) is 0 Å². The summed E-state index contributed by atoms with van der Waals surface area (Å²) in [4.78, 5) is 12.3. The monoisotopic (exact) mass is 265 g/mol. The van der Waals surface area contributed by atoms with E-state index in [1.54, 1.807) is 0 Å². The first-order valence-electron chi connectivity index (χ1n) is 6.91. The molecule has 0 saturated heterocycles. The van der Waals surface area contributed by atoms with Gasteiger partial charge in [-0.25, -0.2) is 0 Å². The lowest BCUT2D eigenvalue weighted by Gasteiger charge is -2.09. The summed E-state index contributed by atoms with van der Waals surface area (Å²) in [5.41, 5.74) is 2.66. The summed E-state index contributed by atoms with van der Waals surface area (Å²) in [6.07, 6.45) is 2.86. The molecule has 102 valence electrons. The van der Waals surface area contributed by atoms with Gasteiger partial charge in [0.1, 0.15) is 0 Å². The molecule has 0 radical (unpaired) electrons. The van der Waals surface area contributed by atoms with Crippen molar-refractivity contribution in [1.82, 2.24) is 5.32 Å². The van der Waals surface area contributed by atoms with Crippen molar-refractivity contribution < 1.29 is 4.79 Å².